The zero-order valence-corrected chi connectivity index (χ0v) is 18.5. The number of imide groups is 1. The topological polar surface area (TPSA) is 84.0 Å². The van der Waals surface area contributed by atoms with Crippen molar-refractivity contribution >= 4 is 35.1 Å². The van der Waals surface area contributed by atoms with Crippen molar-refractivity contribution in [2.24, 2.45) is 5.92 Å². The number of aryl methyl sites for hydroxylation is 2. The Morgan fingerprint density at radius 3 is 2.31 bits per heavy atom. The predicted octanol–water partition coefficient (Wildman–Crippen LogP) is 3.61. The van der Waals surface area contributed by atoms with E-state index < -0.39 is 11.9 Å². The number of rotatable bonds is 4. The number of carbonyl (C=O) groups excluding carboxylic acids is 4. The Balaban J connectivity index is 1.47. The first-order valence-corrected chi connectivity index (χ1v) is 10.8. The normalized spacial score (nSPS) is 19.0. The van der Waals surface area contributed by atoms with Gasteiger partial charge >= 0.3 is 5.97 Å². The first-order chi connectivity index (χ1) is 15.3. The summed E-state index contributed by atoms with van der Waals surface area (Å²) in [6.07, 6.45) is 1.35. The maximum Gasteiger partial charge on any atom is 0.316 e. The summed E-state index contributed by atoms with van der Waals surface area (Å²) in [6, 6.07) is 10.6. The van der Waals surface area contributed by atoms with Crippen LogP contribution in [0, 0.1) is 26.7 Å². The minimum absolute atomic E-state index is 0.0973. The summed E-state index contributed by atoms with van der Waals surface area (Å²) in [5.74, 6) is -1.24. The Hall–Kier alpha value is -3.48. The lowest BCUT2D eigenvalue weighted by atomic mass is 10.1. The van der Waals surface area contributed by atoms with E-state index in [9.17, 15) is 19.2 Å². The quantitative estimate of drug-likeness (QED) is 0.417. The van der Waals surface area contributed by atoms with Gasteiger partial charge in [0, 0.05) is 31.5 Å². The van der Waals surface area contributed by atoms with Crippen molar-refractivity contribution in [3.8, 4) is 5.75 Å². The van der Waals surface area contributed by atoms with Crippen LogP contribution in [0.5, 0.6) is 5.75 Å². The van der Waals surface area contributed by atoms with Crippen LogP contribution < -0.4 is 14.5 Å². The maximum atomic E-state index is 12.8. The second kappa shape index (κ2) is 8.57. The summed E-state index contributed by atoms with van der Waals surface area (Å²) in [5.41, 5.74) is 4.10. The van der Waals surface area contributed by atoms with E-state index in [1.165, 1.54) is 4.90 Å². The minimum atomic E-state index is -0.562. The lowest BCUT2D eigenvalue weighted by Gasteiger charge is -2.26. The van der Waals surface area contributed by atoms with Gasteiger partial charge in [-0.15, -0.1) is 0 Å². The molecule has 0 spiro atoms. The number of hydrogen-bond acceptors (Lipinski definition) is 5. The van der Waals surface area contributed by atoms with Crippen molar-refractivity contribution in [2.75, 3.05) is 16.3 Å². The molecule has 3 amide bonds. The maximum absolute atomic E-state index is 12.8. The molecule has 2 aliphatic heterocycles. The van der Waals surface area contributed by atoms with Gasteiger partial charge in [-0.05, 0) is 68.1 Å². The van der Waals surface area contributed by atoms with E-state index in [1.807, 2.05) is 32.0 Å². The van der Waals surface area contributed by atoms with Gasteiger partial charge in [-0.25, -0.2) is 0 Å². The molecule has 0 bridgehead atoms. The standard InChI is InChI=1S/C25H26N2O5/c1-15-6-4-7-21(17(15)3)26-14-18(13-24(26)30)25(31)32-19-10-11-20(16(2)12-19)27-22(28)8-5-9-23(27)29/h4,6-7,10-12,18H,5,8-9,13-14H2,1-3H3/t18-/m1/s1. The third-order valence-corrected chi connectivity index (χ3v) is 6.23. The van der Waals surface area contributed by atoms with E-state index in [2.05, 4.69) is 0 Å². The molecule has 0 unspecified atom stereocenters. The highest BCUT2D eigenvalue weighted by atomic mass is 16.5. The molecule has 0 aromatic heterocycles. The summed E-state index contributed by atoms with van der Waals surface area (Å²) >= 11 is 0. The number of ether oxygens (including phenoxy) is 1. The SMILES string of the molecule is Cc1cc(OC(=O)[C@@H]2CC(=O)N(c3cccc(C)c3C)C2)ccc1N1C(=O)CCCC1=O. The van der Waals surface area contributed by atoms with Crippen LogP contribution in [0.2, 0.25) is 0 Å². The molecule has 0 saturated carbocycles. The molecule has 2 aromatic rings. The molecule has 0 radical (unpaired) electrons. The number of esters is 1. The molecule has 2 fully saturated rings. The lowest BCUT2D eigenvalue weighted by Crippen LogP contribution is -2.40. The van der Waals surface area contributed by atoms with Crippen molar-refractivity contribution in [2.45, 2.75) is 46.5 Å². The smallest absolute Gasteiger partial charge is 0.316 e. The van der Waals surface area contributed by atoms with Gasteiger partial charge in [-0.3, -0.25) is 24.1 Å². The van der Waals surface area contributed by atoms with Gasteiger partial charge in [0.1, 0.15) is 5.75 Å². The number of amides is 3. The van der Waals surface area contributed by atoms with Gasteiger partial charge in [0.25, 0.3) is 0 Å². The monoisotopic (exact) mass is 434 g/mol. The first kappa shape index (κ1) is 21.7. The van der Waals surface area contributed by atoms with Crippen LogP contribution in [0.25, 0.3) is 0 Å². The average Bonchev–Trinajstić information content (AvgIpc) is 3.13. The lowest BCUT2D eigenvalue weighted by molar-refractivity contribution is -0.139. The van der Waals surface area contributed by atoms with Crippen LogP contribution >= 0.6 is 0 Å². The molecular formula is C25H26N2O5. The second-order valence-corrected chi connectivity index (χ2v) is 8.47. The van der Waals surface area contributed by atoms with Crippen molar-refractivity contribution in [1.82, 2.24) is 0 Å². The Labute approximate surface area is 187 Å². The fraction of sp³-hybridized carbons (Fsp3) is 0.360. The minimum Gasteiger partial charge on any atom is -0.426 e. The average molecular weight is 434 g/mol. The van der Waals surface area contributed by atoms with Gasteiger partial charge in [0.15, 0.2) is 0 Å². The summed E-state index contributed by atoms with van der Waals surface area (Å²) in [7, 11) is 0. The number of carbonyl (C=O) groups is 4. The van der Waals surface area contributed by atoms with Crippen LogP contribution in [-0.4, -0.2) is 30.2 Å². The number of anilines is 2. The van der Waals surface area contributed by atoms with E-state index in [0.29, 0.717) is 36.3 Å². The van der Waals surface area contributed by atoms with Crippen molar-refractivity contribution in [3.63, 3.8) is 0 Å². The summed E-state index contributed by atoms with van der Waals surface area (Å²) in [6.45, 7) is 5.99. The number of piperidine rings is 1. The molecule has 2 aromatic carbocycles. The largest absolute Gasteiger partial charge is 0.426 e. The fourth-order valence-electron chi connectivity index (χ4n) is 4.29. The predicted molar refractivity (Wildman–Crippen MR) is 120 cm³/mol. The van der Waals surface area contributed by atoms with Crippen LogP contribution in [0.1, 0.15) is 42.4 Å². The number of nitrogens with zero attached hydrogens (tertiary/aromatic N) is 2. The highest BCUT2D eigenvalue weighted by Crippen LogP contribution is 2.32. The molecule has 0 aliphatic carbocycles. The van der Waals surface area contributed by atoms with Crippen LogP contribution in [0.4, 0.5) is 11.4 Å². The Kier molecular flexibility index (Phi) is 5.82. The molecule has 7 nitrogen and oxygen atoms in total. The molecule has 2 heterocycles. The van der Waals surface area contributed by atoms with E-state index in [4.69, 9.17) is 4.74 Å². The van der Waals surface area contributed by atoms with E-state index in [1.54, 1.807) is 30.0 Å². The molecule has 1 atom stereocenters. The van der Waals surface area contributed by atoms with Crippen molar-refractivity contribution < 1.29 is 23.9 Å². The van der Waals surface area contributed by atoms with E-state index in [-0.39, 0.29) is 30.7 Å². The molecular weight excluding hydrogens is 408 g/mol. The number of benzene rings is 2. The highest BCUT2D eigenvalue weighted by molar-refractivity contribution is 6.16. The molecule has 0 N–H and O–H groups in total. The zero-order chi connectivity index (χ0) is 23.0. The van der Waals surface area contributed by atoms with E-state index in [0.717, 1.165) is 16.8 Å². The Morgan fingerprint density at radius 2 is 1.62 bits per heavy atom. The zero-order valence-electron chi connectivity index (χ0n) is 18.5. The van der Waals surface area contributed by atoms with Gasteiger partial charge in [0.05, 0.1) is 11.6 Å². The third-order valence-electron chi connectivity index (χ3n) is 6.23. The van der Waals surface area contributed by atoms with Gasteiger partial charge in [-0.1, -0.05) is 12.1 Å². The van der Waals surface area contributed by atoms with Crippen LogP contribution in [-0.2, 0) is 19.2 Å². The van der Waals surface area contributed by atoms with Crippen LogP contribution in [0.3, 0.4) is 0 Å². The van der Waals surface area contributed by atoms with Gasteiger partial charge < -0.3 is 9.64 Å². The second-order valence-electron chi connectivity index (χ2n) is 8.47. The van der Waals surface area contributed by atoms with E-state index >= 15 is 0 Å². The molecule has 7 heteroatoms. The summed E-state index contributed by atoms with van der Waals surface area (Å²) < 4.78 is 5.56. The molecule has 2 aliphatic rings. The molecule has 32 heavy (non-hydrogen) atoms. The highest BCUT2D eigenvalue weighted by Gasteiger charge is 2.37. The number of hydrogen-bond donors (Lipinski definition) is 0. The fourth-order valence-corrected chi connectivity index (χ4v) is 4.29. The first-order valence-electron chi connectivity index (χ1n) is 10.8. The van der Waals surface area contributed by atoms with Crippen molar-refractivity contribution in [1.29, 1.82) is 0 Å². The Morgan fingerprint density at radius 1 is 0.906 bits per heavy atom. The van der Waals surface area contributed by atoms with Gasteiger partial charge in [0.2, 0.25) is 17.7 Å². The third kappa shape index (κ3) is 4.02. The Bertz CT molecular complexity index is 1110. The van der Waals surface area contributed by atoms with Crippen molar-refractivity contribution in [3.05, 3.63) is 53.1 Å². The molecule has 4 rings (SSSR count). The molecule has 2 saturated heterocycles. The molecule has 166 valence electrons. The summed E-state index contributed by atoms with van der Waals surface area (Å²) in [5, 5.41) is 0. The summed E-state index contributed by atoms with van der Waals surface area (Å²) in [4.78, 5) is 52.6. The van der Waals surface area contributed by atoms with Crippen LogP contribution in [0.15, 0.2) is 36.4 Å². The van der Waals surface area contributed by atoms with Gasteiger partial charge in [-0.2, -0.15) is 0 Å².